The third-order valence-corrected chi connectivity index (χ3v) is 3.66. The second kappa shape index (κ2) is 6.46. The smallest absolute Gasteiger partial charge is 0.422 e. The Labute approximate surface area is 127 Å². The third-order valence-electron chi connectivity index (χ3n) is 2.91. The van der Waals surface area contributed by atoms with Gasteiger partial charge in [0.1, 0.15) is 11.0 Å². The Bertz CT molecular complexity index is 563. The van der Waals surface area contributed by atoms with Crippen LogP contribution in [0.25, 0.3) is 0 Å². The first kappa shape index (κ1) is 16.5. The minimum absolute atomic E-state index is 0.171. The predicted molar refractivity (Wildman–Crippen MR) is 70.4 cm³/mol. The number of carbonyl (C=O) groups is 2. The molecule has 0 saturated carbocycles. The van der Waals surface area contributed by atoms with Gasteiger partial charge in [-0.1, -0.05) is 11.3 Å². The minimum atomic E-state index is -4.60. The summed E-state index contributed by atoms with van der Waals surface area (Å²) in [4.78, 5) is 24.8. The van der Waals surface area contributed by atoms with Gasteiger partial charge in [0, 0.05) is 6.54 Å². The first-order valence-corrected chi connectivity index (χ1v) is 7.19. The van der Waals surface area contributed by atoms with Crippen LogP contribution in [0.4, 0.5) is 23.1 Å². The lowest BCUT2D eigenvalue weighted by Crippen LogP contribution is -2.44. The highest BCUT2D eigenvalue weighted by Crippen LogP contribution is 2.22. The first-order chi connectivity index (χ1) is 10.3. The van der Waals surface area contributed by atoms with Crippen molar-refractivity contribution in [2.24, 2.45) is 0 Å². The molecule has 122 valence electrons. The SMILES string of the molecule is Cc1nnc(NC(=O)[C@H]2CCCN2C(=O)OCC(F)(F)F)s1. The molecule has 2 amide bonds. The Hall–Kier alpha value is -1.91. The molecule has 0 spiro atoms. The van der Waals surface area contributed by atoms with Crippen molar-refractivity contribution < 1.29 is 27.5 Å². The number of likely N-dealkylation sites (tertiary alicyclic amines) is 1. The van der Waals surface area contributed by atoms with Gasteiger partial charge in [-0.3, -0.25) is 15.0 Å². The standard InChI is InChI=1S/C11H13F3N4O3S/c1-6-16-17-9(22-6)15-8(19)7-3-2-4-18(7)10(20)21-5-11(12,13)14/h7H,2-5H2,1H3,(H,15,17,19)/t7-/m1/s1. The van der Waals surface area contributed by atoms with Crippen LogP contribution in [-0.2, 0) is 9.53 Å². The number of ether oxygens (including phenoxy) is 1. The summed E-state index contributed by atoms with van der Waals surface area (Å²) in [5, 5.41) is 10.9. The number of amides is 2. The summed E-state index contributed by atoms with van der Waals surface area (Å²) in [5.41, 5.74) is 0. The molecule has 7 nitrogen and oxygen atoms in total. The van der Waals surface area contributed by atoms with E-state index in [2.05, 4.69) is 20.3 Å². The third kappa shape index (κ3) is 4.29. The van der Waals surface area contributed by atoms with Crippen molar-refractivity contribution in [3.63, 3.8) is 0 Å². The molecule has 1 fully saturated rings. The molecule has 0 radical (unpaired) electrons. The lowest BCUT2D eigenvalue weighted by molar-refractivity contribution is -0.162. The molecule has 1 N–H and O–H groups in total. The fraction of sp³-hybridized carbons (Fsp3) is 0.636. The Morgan fingerprint density at radius 2 is 2.18 bits per heavy atom. The van der Waals surface area contributed by atoms with E-state index in [0.29, 0.717) is 17.8 Å². The van der Waals surface area contributed by atoms with Gasteiger partial charge in [0.2, 0.25) is 11.0 Å². The van der Waals surface area contributed by atoms with Crippen molar-refractivity contribution in [2.75, 3.05) is 18.5 Å². The van der Waals surface area contributed by atoms with E-state index in [-0.39, 0.29) is 11.7 Å². The van der Waals surface area contributed by atoms with Gasteiger partial charge >= 0.3 is 12.3 Å². The van der Waals surface area contributed by atoms with Crippen molar-refractivity contribution in [3.8, 4) is 0 Å². The second-order valence-electron chi connectivity index (χ2n) is 4.64. The van der Waals surface area contributed by atoms with E-state index in [9.17, 15) is 22.8 Å². The van der Waals surface area contributed by atoms with Gasteiger partial charge in [-0.15, -0.1) is 10.2 Å². The maximum Gasteiger partial charge on any atom is 0.422 e. The molecule has 1 aromatic rings. The highest BCUT2D eigenvalue weighted by atomic mass is 32.1. The largest absolute Gasteiger partial charge is 0.440 e. The van der Waals surface area contributed by atoms with Crippen LogP contribution >= 0.6 is 11.3 Å². The Kier molecular flexibility index (Phi) is 4.84. The molecule has 0 aliphatic carbocycles. The molecular weight excluding hydrogens is 325 g/mol. The fourth-order valence-electron chi connectivity index (χ4n) is 2.02. The maximum atomic E-state index is 12.1. The quantitative estimate of drug-likeness (QED) is 0.910. The molecule has 1 saturated heterocycles. The Balaban J connectivity index is 1.94. The molecule has 2 heterocycles. The predicted octanol–water partition coefficient (Wildman–Crippen LogP) is 1.95. The van der Waals surface area contributed by atoms with Crippen LogP contribution in [0.3, 0.4) is 0 Å². The van der Waals surface area contributed by atoms with E-state index in [4.69, 9.17) is 0 Å². The number of anilines is 1. The van der Waals surface area contributed by atoms with Crippen LogP contribution in [0.1, 0.15) is 17.8 Å². The summed E-state index contributed by atoms with van der Waals surface area (Å²) in [6.45, 7) is 0.208. The minimum Gasteiger partial charge on any atom is -0.440 e. The van der Waals surface area contributed by atoms with Gasteiger partial charge in [-0.2, -0.15) is 13.2 Å². The van der Waals surface area contributed by atoms with Crippen molar-refractivity contribution in [1.29, 1.82) is 0 Å². The lowest BCUT2D eigenvalue weighted by Gasteiger charge is -2.23. The van der Waals surface area contributed by atoms with Gasteiger partial charge < -0.3 is 4.74 Å². The highest BCUT2D eigenvalue weighted by molar-refractivity contribution is 7.15. The van der Waals surface area contributed by atoms with Gasteiger partial charge in [-0.05, 0) is 19.8 Å². The van der Waals surface area contributed by atoms with Gasteiger partial charge in [0.05, 0.1) is 0 Å². The molecule has 0 aromatic carbocycles. The summed E-state index contributed by atoms with van der Waals surface area (Å²) in [6.07, 6.45) is -4.89. The number of rotatable bonds is 3. The summed E-state index contributed by atoms with van der Waals surface area (Å²) >= 11 is 1.16. The normalized spacial score (nSPS) is 18.4. The molecule has 1 aliphatic heterocycles. The first-order valence-electron chi connectivity index (χ1n) is 6.37. The van der Waals surface area contributed by atoms with E-state index in [0.717, 1.165) is 16.2 Å². The zero-order valence-electron chi connectivity index (χ0n) is 11.5. The molecule has 0 bridgehead atoms. The van der Waals surface area contributed by atoms with Crippen LogP contribution in [0.5, 0.6) is 0 Å². The molecule has 1 aromatic heterocycles. The van der Waals surface area contributed by atoms with Crippen molar-refractivity contribution in [1.82, 2.24) is 15.1 Å². The van der Waals surface area contributed by atoms with Crippen LogP contribution < -0.4 is 5.32 Å². The van der Waals surface area contributed by atoms with E-state index in [1.807, 2.05) is 0 Å². The second-order valence-corrected chi connectivity index (χ2v) is 5.82. The van der Waals surface area contributed by atoms with Gasteiger partial charge in [0.15, 0.2) is 6.61 Å². The Morgan fingerprint density at radius 3 is 2.77 bits per heavy atom. The number of alkyl halides is 3. The summed E-state index contributed by atoms with van der Waals surface area (Å²) in [5.74, 6) is -0.516. The van der Waals surface area contributed by atoms with E-state index < -0.39 is 30.8 Å². The Morgan fingerprint density at radius 1 is 1.45 bits per heavy atom. The number of carbonyl (C=O) groups excluding carboxylic acids is 2. The molecule has 11 heteroatoms. The van der Waals surface area contributed by atoms with E-state index >= 15 is 0 Å². The number of aromatic nitrogens is 2. The molecular formula is C11H13F3N4O3S. The topological polar surface area (TPSA) is 84.4 Å². The number of aryl methyl sites for hydroxylation is 1. The number of hydrogen-bond acceptors (Lipinski definition) is 6. The zero-order valence-corrected chi connectivity index (χ0v) is 12.3. The van der Waals surface area contributed by atoms with Gasteiger partial charge in [-0.25, -0.2) is 4.79 Å². The van der Waals surface area contributed by atoms with Gasteiger partial charge in [0.25, 0.3) is 0 Å². The number of hydrogen-bond donors (Lipinski definition) is 1. The maximum absolute atomic E-state index is 12.1. The van der Waals surface area contributed by atoms with Crippen LogP contribution in [-0.4, -0.2) is 52.5 Å². The molecule has 22 heavy (non-hydrogen) atoms. The van der Waals surface area contributed by atoms with Crippen LogP contribution in [0, 0.1) is 6.92 Å². The average Bonchev–Trinajstić information content (AvgIpc) is 3.04. The zero-order chi connectivity index (χ0) is 16.3. The molecule has 1 atom stereocenters. The fourth-order valence-corrected chi connectivity index (χ4v) is 2.61. The number of nitrogens with zero attached hydrogens (tertiary/aromatic N) is 3. The molecule has 2 rings (SSSR count). The highest BCUT2D eigenvalue weighted by Gasteiger charge is 2.37. The lowest BCUT2D eigenvalue weighted by atomic mass is 10.2. The van der Waals surface area contributed by atoms with Crippen molar-refractivity contribution in [3.05, 3.63) is 5.01 Å². The van der Waals surface area contributed by atoms with Crippen LogP contribution in [0.15, 0.2) is 0 Å². The van der Waals surface area contributed by atoms with Crippen LogP contribution in [0.2, 0.25) is 0 Å². The van der Waals surface area contributed by atoms with E-state index in [1.54, 1.807) is 6.92 Å². The monoisotopic (exact) mass is 338 g/mol. The van der Waals surface area contributed by atoms with Crippen molar-refractivity contribution in [2.45, 2.75) is 32.0 Å². The summed E-state index contributed by atoms with van der Waals surface area (Å²) in [7, 11) is 0. The molecule has 0 unspecified atom stereocenters. The summed E-state index contributed by atoms with van der Waals surface area (Å²) < 4.78 is 40.4. The average molecular weight is 338 g/mol. The summed E-state index contributed by atoms with van der Waals surface area (Å²) in [6, 6.07) is -0.870. The number of halogens is 3. The van der Waals surface area contributed by atoms with Crippen molar-refractivity contribution >= 4 is 28.5 Å². The number of nitrogens with one attached hydrogen (secondary N) is 1. The molecule has 1 aliphatic rings. The van der Waals surface area contributed by atoms with E-state index in [1.165, 1.54) is 0 Å².